The van der Waals surface area contributed by atoms with E-state index in [9.17, 15) is 17.6 Å². The standard InChI is InChI=1S/C16H19FN4O5S2/c1-11(17)26-12-3-2-4-13(9-12)28(24,25)21-7-5-20(6-8-21)16-18-10-14(27-16)15(22)19-23/h2-4,9-11,23H,5-8H2,1H3,(H,19,22). The zero-order valence-electron chi connectivity index (χ0n) is 14.9. The minimum atomic E-state index is -3.75. The van der Waals surface area contributed by atoms with Crippen LogP contribution in [-0.4, -0.2) is 61.4 Å². The summed E-state index contributed by atoms with van der Waals surface area (Å²) in [5.41, 5.74) is 1.55. The zero-order valence-corrected chi connectivity index (χ0v) is 16.5. The van der Waals surface area contributed by atoms with Crippen molar-refractivity contribution in [3.05, 3.63) is 35.3 Å². The number of ether oxygens (including phenoxy) is 1. The van der Waals surface area contributed by atoms with Crippen molar-refractivity contribution in [2.24, 2.45) is 0 Å². The highest BCUT2D eigenvalue weighted by Gasteiger charge is 2.30. The van der Waals surface area contributed by atoms with Gasteiger partial charge in [0.25, 0.3) is 5.91 Å². The summed E-state index contributed by atoms with van der Waals surface area (Å²) in [5.74, 6) is -0.498. The minimum Gasteiger partial charge on any atom is -0.461 e. The number of alkyl halides is 1. The first-order chi connectivity index (χ1) is 13.3. The summed E-state index contributed by atoms with van der Waals surface area (Å²) in [4.78, 5) is 17.7. The Bertz CT molecular complexity index is 942. The fourth-order valence-corrected chi connectivity index (χ4v) is 5.05. The van der Waals surface area contributed by atoms with Crippen molar-refractivity contribution in [2.75, 3.05) is 31.1 Å². The van der Waals surface area contributed by atoms with E-state index in [1.807, 2.05) is 4.90 Å². The normalized spacial score (nSPS) is 16.6. The van der Waals surface area contributed by atoms with Crippen molar-refractivity contribution in [1.29, 1.82) is 0 Å². The fraction of sp³-hybridized carbons (Fsp3) is 0.375. The summed E-state index contributed by atoms with van der Waals surface area (Å²) >= 11 is 1.11. The summed E-state index contributed by atoms with van der Waals surface area (Å²) in [6, 6.07) is 5.75. The third-order valence-corrected chi connectivity index (χ3v) is 7.02. The van der Waals surface area contributed by atoms with E-state index in [1.165, 1.54) is 41.7 Å². The molecule has 1 aromatic carbocycles. The monoisotopic (exact) mass is 430 g/mol. The van der Waals surface area contributed by atoms with Crippen LogP contribution in [0, 0.1) is 0 Å². The Labute approximate surface area is 165 Å². The molecule has 152 valence electrons. The number of aromatic nitrogens is 1. The first-order valence-electron chi connectivity index (χ1n) is 8.37. The molecule has 2 heterocycles. The number of amides is 1. The molecule has 1 unspecified atom stereocenters. The number of benzene rings is 1. The van der Waals surface area contributed by atoms with Crippen molar-refractivity contribution in [1.82, 2.24) is 14.8 Å². The molecule has 0 bridgehead atoms. The van der Waals surface area contributed by atoms with Crippen LogP contribution in [0.5, 0.6) is 5.75 Å². The van der Waals surface area contributed by atoms with Gasteiger partial charge in [0, 0.05) is 39.2 Å². The van der Waals surface area contributed by atoms with Crippen LogP contribution in [0.2, 0.25) is 0 Å². The van der Waals surface area contributed by atoms with E-state index in [1.54, 1.807) is 5.48 Å². The highest BCUT2D eigenvalue weighted by atomic mass is 32.2. The maximum Gasteiger partial charge on any atom is 0.286 e. The number of piperazine rings is 1. The van der Waals surface area contributed by atoms with Crippen LogP contribution >= 0.6 is 11.3 Å². The fourth-order valence-electron chi connectivity index (χ4n) is 2.74. The van der Waals surface area contributed by atoms with Crippen molar-refractivity contribution < 1.29 is 27.5 Å². The smallest absolute Gasteiger partial charge is 0.286 e. The Morgan fingerprint density at radius 3 is 2.71 bits per heavy atom. The van der Waals surface area contributed by atoms with Gasteiger partial charge in [0.1, 0.15) is 10.6 Å². The SMILES string of the molecule is CC(F)Oc1cccc(S(=O)(=O)N2CCN(c3ncc(C(=O)NO)s3)CC2)c1. The van der Waals surface area contributed by atoms with Crippen LogP contribution in [0.3, 0.4) is 0 Å². The first-order valence-corrected chi connectivity index (χ1v) is 10.6. The lowest BCUT2D eigenvalue weighted by atomic mass is 10.3. The molecule has 1 aliphatic heterocycles. The molecule has 0 saturated carbocycles. The molecular formula is C16H19FN4O5S2. The molecule has 0 radical (unpaired) electrons. The quantitative estimate of drug-likeness (QED) is 0.527. The Morgan fingerprint density at radius 1 is 1.36 bits per heavy atom. The summed E-state index contributed by atoms with van der Waals surface area (Å²) < 4.78 is 45.0. The Kier molecular flexibility index (Phi) is 6.13. The summed E-state index contributed by atoms with van der Waals surface area (Å²) in [6.45, 7) is 2.46. The maximum absolute atomic E-state index is 13.0. The van der Waals surface area contributed by atoms with E-state index in [4.69, 9.17) is 9.94 Å². The highest BCUT2D eigenvalue weighted by Crippen LogP contribution is 2.26. The van der Waals surface area contributed by atoms with E-state index in [2.05, 4.69) is 4.98 Å². The van der Waals surface area contributed by atoms with Gasteiger partial charge in [-0.1, -0.05) is 17.4 Å². The predicted octanol–water partition coefficient (Wildman–Crippen LogP) is 1.47. The molecule has 0 aliphatic carbocycles. The number of rotatable bonds is 6. The number of carbonyl (C=O) groups excluding carboxylic acids is 1. The number of hydrogen-bond acceptors (Lipinski definition) is 8. The van der Waals surface area contributed by atoms with E-state index in [-0.39, 0.29) is 28.6 Å². The number of carbonyl (C=O) groups is 1. The summed E-state index contributed by atoms with van der Waals surface area (Å²) in [6.07, 6.45) is -0.191. The predicted molar refractivity (Wildman–Crippen MR) is 100.0 cm³/mol. The molecule has 2 aromatic rings. The molecule has 1 aliphatic rings. The highest BCUT2D eigenvalue weighted by molar-refractivity contribution is 7.89. The van der Waals surface area contributed by atoms with Gasteiger partial charge in [-0.15, -0.1) is 0 Å². The second-order valence-corrected chi connectivity index (χ2v) is 8.92. The van der Waals surface area contributed by atoms with Gasteiger partial charge < -0.3 is 9.64 Å². The van der Waals surface area contributed by atoms with E-state index in [0.29, 0.717) is 18.2 Å². The lowest BCUT2D eigenvalue weighted by Gasteiger charge is -2.33. The van der Waals surface area contributed by atoms with Crippen LogP contribution in [-0.2, 0) is 10.0 Å². The molecule has 1 amide bonds. The maximum atomic E-state index is 13.0. The average molecular weight is 430 g/mol. The second-order valence-electron chi connectivity index (χ2n) is 5.97. The number of hydroxylamine groups is 1. The van der Waals surface area contributed by atoms with Crippen LogP contribution in [0.15, 0.2) is 35.4 Å². The third-order valence-electron chi connectivity index (χ3n) is 4.07. The van der Waals surface area contributed by atoms with Crippen LogP contribution < -0.4 is 15.1 Å². The van der Waals surface area contributed by atoms with Gasteiger partial charge in [0.2, 0.25) is 16.4 Å². The van der Waals surface area contributed by atoms with Gasteiger partial charge >= 0.3 is 0 Å². The van der Waals surface area contributed by atoms with Crippen molar-refractivity contribution in [3.63, 3.8) is 0 Å². The summed E-state index contributed by atoms with van der Waals surface area (Å²) in [5, 5.41) is 9.24. The van der Waals surface area contributed by atoms with Gasteiger partial charge in [0.05, 0.1) is 11.1 Å². The molecule has 12 heteroatoms. The molecule has 28 heavy (non-hydrogen) atoms. The number of nitrogens with one attached hydrogen (secondary N) is 1. The lowest BCUT2D eigenvalue weighted by molar-refractivity contribution is 0.0710. The van der Waals surface area contributed by atoms with Gasteiger partial charge in [0.15, 0.2) is 5.13 Å². The van der Waals surface area contributed by atoms with Gasteiger partial charge in [-0.2, -0.15) is 4.31 Å². The molecule has 9 nitrogen and oxygen atoms in total. The Balaban J connectivity index is 1.68. The lowest BCUT2D eigenvalue weighted by Crippen LogP contribution is -2.48. The largest absolute Gasteiger partial charge is 0.461 e. The molecule has 1 saturated heterocycles. The van der Waals surface area contributed by atoms with Gasteiger partial charge in [-0.25, -0.2) is 23.3 Å². The minimum absolute atomic E-state index is 0.0373. The second kappa shape index (κ2) is 8.39. The molecule has 1 aromatic heterocycles. The molecule has 1 fully saturated rings. The molecular weight excluding hydrogens is 411 g/mol. The summed E-state index contributed by atoms with van der Waals surface area (Å²) in [7, 11) is -3.75. The van der Waals surface area contributed by atoms with Gasteiger partial charge in [-0.3, -0.25) is 10.0 Å². The van der Waals surface area contributed by atoms with Crippen LogP contribution in [0.25, 0.3) is 0 Å². The van der Waals surface area contributed by atoms with Crippen molar-refractivity contribution >= 4 is 32.4 Å². The average Bonchev–Trinajstić information content (AvgIpc) is 3.17. The number of halogens is 1. The molecule has 2 N–H and O–H groups in total. The third kappa shape index (κ3) is 4.41. The van der Waals surface area contributed by atoms with E-state index in [0.717, 1.165) is 11.3 Å². The van der Waals surface area contributed by atoms with Crippen LogP contribution in [0.4, 0.5) is 9.52 Å². The van der Waals surface area contributed by atoms with Gasteiger partial charge in [-0.05, 0) is 12.1 Å². The number of anilines is 1. The number of sulfonamides is 1. The van der Waals surface area contributed by atoms with E-state index >= 15 is 0 Å². The Hall–Kier alpha value is -2.28. The Morgan fingerprint density at radius 2 is 2.07 bits per heavy atom. The molecule has 0 spiro atoms. The first kappa shape index (κ1) is 20.5. The number of nitrogens with zero attached hydrogens (tertiary/aromatic N) is 3. The number of hydrogen-bond donors (Lipinski definition) is 2. The topological polar surface area (TPSA) is 112 Å². The zero-order chi connectivity index (χ0) is 20.3. The van der Waals surface area contributed by atoms with Crippen LogP contribution in [0.1, 0.15) is 16.6 Å². The molecule has 1 atom stereocenters. The van der Waals surface area contributed by atoms with E-state index < -0.39 is 22.3 Å². The van der Waals surface area contributed by atoms with Crippen molar-refractivity contribution in [2.45, 2.75) is 18.2 Å². The van der Waals surface area contributed by atoms with Crippen molar-refractivity contribution in [3.8, 4) is 5.75 Å². The number of thiazole rings is 1. The molecule has 3 rings (SSSR count).